The second kappa shape index (κ2) is 7.38. The summed E-state index contributed by atoms with van der Waals surface area (Å²) in [4.78, 5) is 11.5. The molecule has 1 atom stereocenters. The molecule has 0 N–H and O–H groups in total. The van der Waals surface area contributed by atoms with Crippen LogP contribution in [0.2, 0.25) is 0 Å². The Bertz CT molecular complexity index is 315. The van der Waals surface area contributed by atoms with Gasteiger partial charge in [-0.1, -0.05) is 18.2 Å². The zero-order valence-corrected chi connectivity index (χ0v) is 10.5. The van der Waals surface area contributed by atoms with Crippen LogP contribution in [0.1, 0.15) is 10.4 Å². The van der Waals surface area contributed by atoms with E-state index in [4.69, 9.17) is 14.2 Å². The van der Waals surface area contributed by atoms with Gasteiger partial charge in [-0.25, -0.2) is 4.79 Å². The molecule has 0 saturated heterocycles. The largest absolute Gasteiger partial charge is 0.445 e. The minimum Gasteiger partial charge on any atom is -0.445 e. The molecule has 0 bridgehead atoms. The van der Waals surface area contributed by atoms with Gasteiger partial charge < -0.3 is 14.2 Å². The molecule has 1 rings (SSSR count). The first-order valence-electron chi connectivity index (χ1n) is 4.71. The summed E-state index contributed by atoms with van der Waals surface area (Å²) in [6.07, 6.45) is 0. The number of rotatable bonds is 6. The zero-order valence-electron chi connectivity index (χ0n) is 8.89. The Labute approximate surface area is 103 Å². The lowest BCUT2D eigenvalue weighted by molar-refractivity contribution is -0.0501. The van der Waals surface area contributed by atoms with E-state index in [0.29, 0.717) is 5.56 Å². The normalized spacial score (nSPS) is 12.1. The maximum atomic E-state index is 11.5. The van der Waals surface area contributed by atoms with Crippen LogP contribution < -0.4 is 0 Å². The summed E-state index contributed by atoms with van der Waals surface area (Å²) in [7, 11) is 1.53. The smallest absolute Gasteiger partial charge is 0.339 e. The van der Waals surface area contributed by atoms with Crippen molar-refractivity contribution in [1.82, 2.24) is 0 Å². The molecule has 0 aliphatic carbocycles. The molecule has 0 heterocycles. The van der Waals surface area contributed by atoms with Gasteiger partial charge in [0, 0.05) is 7.11 Å². The van der Waals surface area contributed by atoms with Crippen molar-refractivity contribution in [2.45, 2.75) is 5.01 Å². The fourth-order valence-corrected chi connectivity index (χ4v) is 1.37. The van der Waals surface area contributed by atoms with Crippen molar-refractivity contribution in [1.29, 1.82) is 0 Å². The molecule has 16 heavy (non-hydrogen) atoms. The number of halogens is 1. The number of carbonyl (C=O) groups is 1. The number of hydrogen-bond donors (Lipinski definition) is 0. The molecule has 0 amide bonds. The summed E-state index contributed by atoms with van der Waals surface area (Å²) in [5.41, 5.74) is 0.513. The van der Waals surface area contributed by atoms with Gasteiger partial charge in [-0.15, -0.1) is 0 Å². The third kappa shape index (κ3) is 4.74. The van der Waals surface area contributed by atoms with E-state index in [-0.39, 0.29) is 19.4 Å². The monoisotopic (exact) mass is 288 g/mol. The van der Waals surface area contributed by atoms with E-state index in [2.05, 4.69) is 15.9 Å². The Kier molecular flexibility index (Phi) is 6.07. The number of ether oxygens (including phenoxy) is 3. The van der Waals surface area contributed by atoms with Gasteiger partial charge in [0.1, 0.15) is 6.79 Å². The topological polar surface area (TPSA) is 44.8 Å². The van der Waals surface area contributed by atoms with Crippen LogP contribution >= 0.6 is 15.9 Å². The SMILES string of the molecule is COCOCC(Br)OC(=O)c1ccccc1. The van der Waals surface area contributed by atoms with Gasteiger partial charge in [0.2, 0.25) is 0 Å². The van der Waals surface area contributed by atoms with Gasteiger partial charge in [-0.2, -0.15) is 0 Å². The summed E-state index contributed by atoms with van der Waals surface area (Å²) < 4.78 is 14.8. The second-order valence-electron chi connectivity index (χ2n) is 2.96. The molecular weight excluding hydrogens is 276 g/mol. The lowest BCUT2D eigenvalue weighted by atomic mass is 10.2. The minimum atomic E-state index is -0.477. The molecule has 1 unspecified atom stereocenters. The Hall–Kier alpha value is -0.910. The Morgan fingerprint density at radius 3 is 2.69 bits per heavy atom. The maximum Gasteiger partial charge on any atom is 0.339 e. The average Bonchev–Trinajstić information content (AvgIpc) is 2.30. The molecule has 0 spiro atoms. The number of benzene rings is 1. The molecule has 0 radical (unpaired) electrons. The van der Waals surface area contributed by atoms with Gasteiger partial charge in [-0.3, -0.25) is 0 Å². The molecule has 4 nitrogen and oxygen atoms in total. The van der Waals surface area contributed by atoms with E-state index >= 15 is 0 Å². The molecule has 88 valence electrons. The molecule has 0 aromatic heterocycles. The average molecular weight is 289 g/mol. The van der Waals surface area contributed by atoms with Crippen LogP contribution in [0.25, 0.3) is 0 Å². The second-order valence-corrected chi connectivity index (χ2v) is 3.98. The third-order valence-corrected chi connectivity index (χ3v) is 2.15. The molecule has 1 aromatic rings. The van der Waals surface area contributed by atoms with Crippen LogP contribution in [0.5, 0.6) is 0 Å². The van der Waals surface area contributed by atoms with Crippen LogP contribution in [0, 0.1) is 0 Å². The van der Waals surface area contributed by atoms with Crippen molar-refractivity contribution < 1.29 is 19.0 Å². The number of alkyl halides is 1. The Morgan fingerprint density at radius 2 is 2.06 bits per heavy atom. The number of esters is 1. The number of methoxy groups -OCH3 is 1. The highest BCUT2D eigenvalue weighted by atomic mass is 79.9. The molecular formula is C11H13BrO4. The number of carbonyl (C=O) groups excluding carboxylic acids is 1. The van der Waals surface area contributed by atoms with Crippen molar-refractivity contribution in [2.75, 3.05) is 20.5 Å². The van der Waals surface area contributed by atoms with Crippen molar-refractivity contribution in [3.05, 3.63) is 35.9 Å². The van der Waals surface area contributed by atoms with Crippen molar-refractivity contribution in [3.8, 4) is 0 Å². The summed E-state index contributed by atoms with van der Waals surface area (Å²) in [5.74, 6) is -0.386. The first-order valence-corrected chi connectivity index (χ1v) is 5.62. The quantitative estimate of drug-likeness (QED) is 0.348. The van der Waals surface area contributed by atoms with Gasteiger partial charge in [0.15, 0.2) is 5.01 Å². The van der Waals surface area contributed by atoms with Crippen molar-refractivity contribution in [2.24, 2.45) is 0 Å². The lowest BCUT2D eigenvalue weighted by Crippen LogP contribution is -2.18. The summed E-state index contributed by atoms with van der Waals surface area (Å²) in [5, 5.41) is -0.477. The molecule has 0 fully saturated rings. The minimum absolute atomic E-state index is 0.172. The highest BCUT2D eigenvalue weighted by Gasteiger charge is 2.12. The Balaban J connectivity index is 2.34. The molecule has 0 aliphatic heterocycles. The fourth-order valence-electron chi connectivity index (χ4n) is 1.02. The molecule has 0 aliphatic rings. The van der Waals surface area contributed by atoms with E-state index in [1.165, 1.54) is 7.11 Å². The molecule has 1 aromatic carbocycles. The summed E-state index contributed by atoms with van der Waals surface area (Å²) in [6.45, 7) is 0.414. The summed E-state index contributed by atoms with van der Waals surface area (Å²) >= 11 is 3.18. The van der Waals surface area contributed by atoms with Crippen LogP contribution in [-0.4, -0.2) is 31.5 Å². The van der Waals surface area contributed by atoms with Gasteiger partial charge in [0.25, 0.3) is 0 Å². The Morgan fingerprint density at radius 1 is 1.38 bits per heavy atom. The van der Waals surface area contributed by atoms with E-state index in [0.717, 1.165) is 0 Å². The van der Waals surface area contributed by atoms with Crippen LogP contribution in [-0.2, 0) is 14.2 Å². The zero-order chi connectivity index (χ0) is 11.8. The first-order chi connectivity index (χ1) is 7.74. The van der Waals surface area contributed by atoms with Gasteiger partial charge >= 0.3 is 5.97 Å². The first kappa shape index (κ1) is 13.2. The van der Waals surface area contributed by atoms with E-state index < -0.39 is 5.01 Å². The molecule has 5 heteroatoms. The van der Waals surface area contributed by atoms with E-state index in [9.17, 15) is 4.79 Å². The van der Waals surface area contributed by atoms with Crippen LogP contribution in [0.15, 0.2) is 30.3 Å². The van der Waals surface area contributed by atoms with Crippen LogP contribution in [0.3, 0.4) is 0 Å². The summed E-state index contributed by atoms with van der Waals surface area (Å²) in [6, 6.07) is 8.78. The predicted octanol–water partition coefficient (Wildman–Crippen LogP) is 2.18. The lowest BCUT2D eigenvalue weighted by Gasteiger charge is -2.11. The number of hydrogen-bond acceptors (Lipinski definition) is 4. The standard InChI is InChI=1S/C11H13BrO4/c1-14-8-15-7-10(12)16-11(13)9-5-3-2-4-6-9/h2-6,10H,7-8H2,1H3. The maximum absolute atomic E-state index is 11.5. The predicted molar refractivity (Wildman–Crippen MR) is 62.4 cm³/mol. The molecule has 0 saturated carbocycles. The van der Waals surface area contributed by atoms with Crippen LogP contribution in [0.4, 0.5) is 0 Å². The van der Waals surface area contributed by atoms with E-state index in [1.807, 2.05) is 6.07 Å². The van der Waals surface area contributed by atoms with Crippen molar-refractivity contribution in [3.63, 3.8) is 0 Å². The van der Waals surface area contributed by atoms with Gasteiger partial charge in [0.05, 0.1) is 12.2 Å². The highest BCUT2D eigenvalue weighted by molar-refractivity contribution is 9.09. The van der Waals surface area contributed by atoms with Crippen molar-refractivity contribution >= 4 is 21.9 Å². The third-order valence-electron chi connectivity index (χ3n) is 1.69. The highest BCUT2D eigenvalue weighted by Crippen LogP contribution is 2.08. The fraction of sp³-hybridized carbons (Fsp3) is 0.364. The van der Waals surface area contributed by atoms with Gasteiger partial charge in [-0.05, 0) is 28.1 Å². The van der Waals surface area contributed by atoms with E-state index in [1.54, 1.807) is 24.3 Å².